The van der Waals surface area contributed by atoms with Crippen molar-refractivity contribution in [3.05, 3.63) is 28.8 Å². The number of ether oxygens (including phenoxy) is 1. The van der Waals surface area contributed by atoms with Crippen LogP contribution in [0.15, 0.2) is 12.1 Å². The van der Waals surface area contributed by atoms with Crippen LogP contribution >= 0.6 is 0 Å². The van der Waals surface area contributed by atoms with E-state index in [1.54, 1.807) is 12.1 Å². The lowest BCUT2D eigenvalue weighted by Crippen LogP contribution is -2.08. The van der Waals surface area contributed by atoms with Crippen LogP contribution in [0.1, 0.15) is 21.5 Å². The Balaban J connectivity index is 3.53. The lowest BCUT2D eigenvalue weighted by molar-refractivity contribution is 0.0693. The van der Waals surface area contributed by atoms with Gasteiger partial charge in [-0.1, -0.05) is 6.07 Å². The number of nitrogens with two attached hydrogens (primary N) is 1. The molecule has 3 N–H and O–H groups in total. The van der Waals surface area contributed by atoms with Gasteiger partial charge in [-0.25, -0.2) is 4.79 Å². The predicted octanol–water partition coefficient (Wildman–Crippen LogP) is 0.724. The zero-order valence-electron chi connectivity index (χ0n) is 8.15. The minimum atomic E-state index is -1.20. The Morgan fingerprint density at radius 3 is 2.73 bits per heavy atom. The molecule has 1 aromatic rings. The number of methoxy groups -OCH3 is 1. The lowest BCUT2D eigenvalue weighted by Gasteiger charge is -2.10. The number of benzene rings is 1. The average molecular weight is 206 g/mol. The van der Waals surface area contributed by atoms with Crippen LogP contribution in [0.25, 0.3) is 0 Å². The van der Waals surface area contributed by atoms with E-state index in [4.69, 9.17) is 20.8 Å². The fraction of sp³-hybridized carbons (Fsp3) is 0.200. The van der Waals surface area contributed by atoms with Gasteiger partial charge in [-0.3, -0.25) is 0 Å². The largest absolute Gasteiger partial charge is 0.495 e. The van der Waals surface area contributed by atoms with Gasteiger partial charge in [-0.05, 0) is 6.07 Å². The van der Waals surface area contributed by atoms with Gasteiger partial charge in [0.1, 0.15) is 17.4 Å². The molecule has 15 heavy (non-hydrogen) atoms. The second-order valence-electron chi connectivity index (χ2n) is 2.80. The van der Waals surface area contributed by atoms with E-state index in [0.717, 1.165) is 0 Å². The lowest BCUT2D eigenvalue weighted by atomic mass is 10.0. The first kappa shape index (κ1) is 11.0. The first-order valence-corrected chi connectivity index (χ1v) is 4.19. The van der Waals surface area contributed by atoms with Gasteiger partial charge in [-0.15, -0.1) is 0 Å². The molecule has 0 spiro atoms. The molecule has 0 fully saturated rings. The molecule has 0 atom stereocenters. The number of hydrogen-bond donors (Lipinski definition) is 2. The molecule has 0 unspecified atom stereocenters. The molecule has 0 aromatic heterocycles. The molecule has 0 amide bonds. The van der Waals surface area contributed by atoms with Crippen molar-refractivity contribution in [1.82, 2.24) is 0 Å². The third-order valence-corrected chi connectivity index (χ3v) is 2.00. The molecule has 0 aliphatic rings. The van der Waals surface area contributed by atoms with Crippen molar-refractivity contribution in [2.45, 2.75) is 6.54 Å². The Hall–Kier alpha value is -2.06. The highest BCUT2D eigenvalue weighted by molar-refractivity contribution is 5.94. The van der Waals surface area contributed by atoms with E-state index in [-0.39, 0.29) is 23.4 Å². The minimum absolute atomic E-state index is 0.0663. The van der Waals surface area contributed by atoms with Gasteiger partial charge in [0.15, 0.2) is 0 Å². The summed E-state index contributed by atoms with van der Waals surface area (Å²) in [5.74, 6) is -1.04. The molecule has 0 bridgehead atoms. The Morgan fingerprint density at radius 1 is 1.67 bits per heavy atom. The van der Waals surface area contributed by atoms with Crippen molar-refractivity contribution in [3.8, 4) is 11.8 Å². The van der Waals surface area contributed by atoms with Crippen LogP contribution in [-0.4, -0.2) is 18.2 Å². The van der Waals surface area contributed by atoms with Crippen molar-refractivity contribution in [2.75, 3.05) is 7.11 Å². The number of hydrogen-bond acceptors (Lipinski definition) is 4. The molecule has 0 heterocycles. The summed E-state index contributed by atoms with van der Waals surface area (Å²) in [5.41, 5.74) is 5.92. The Bertz CT molecular complexity index is 435. The second-order valence-corrected chi connectivity index (χ2v) is 2.80. The summed E-state index contributed by atoms with van der Waals surface area (Å²) < 4.78 is 4.96. The number of nitriles is 1. The highest BCUT2D eigenvalue weighted by Crippen LogP contribution is 2.26. The SMILES string of the molecule is COc1c(CN)ccc(C#N)c1C(=O)O. The molecule has 0 aliphatic carbocycles. The number of nitrogens with zero attached hydrogens (tertiary/aromatic N) is 1. The summed E-state index contributed by atoms with van der Waals surface area (Å²) in [6.45, 7) is 0.162. The van der Waals surface area contributed by atoms with E-state index < -0.39 is 5.97 Å². The number of aromatic carboxylic acids is 1. The molecule has 0 aliphatic heterocycles. The Labute approximate surface area is 86.7 Å². The van der Waals surface area contributed by atoms with Crippen LogP contribution in [0.5, 0.6) is 5.75 Å². The first-order chi connectivity index (χ1) is 7.15. The fourth-order valence-electron chi connectivity index (χ4n) is 1.33. The number of carboxylic acids is 1. The highest BCUT2D eigenvalue weighted by Gasteiger charge is 2.19. The molecule has 5 heteroatoms. The summed E-state index contributed by atoms with van der Waals surface area (Å²) in [5, 5.41) is 17.7. The van der Waals surface area contributed by atoms with Crippen molar-refractivity contribution in [1.29, 1.82) is 5.26 Å². The van der Waals surface area contributed by atoms with Gasteiger partial charge in [0.25, 0.3) is 0 Å². The van der Waals surface area contributed by atoms with Gasteiger partial charge in [-0.2, -0.15) is 5.26 Å². The van der Waals surface area contributed by atoms with Crippen LogP contribution in [0, 0.1) is 11.3 Å². The smallest absolute Gasteiger partial charge is 0.340 e. The summed E-state index contributed by atoms with van der Waals surface area (Å²) in [6, 6.07) is 4.81. The van der Waals surface area contributed by atoms with Crippen LogP contribution in [0.3, 0.4) is 0 Å². The van der Waals surface area contributed by atoms with Gasteiger partial charge in [0.05, 0.1) is 12.7 Å². The Morgan fingerprint density at radius 2 is 2.33 bits per heavy atom. The maximum Gasteiger partial charge on any atom is 0.340 e. The highest BCUT2D eigenvalue weighted by atomic mass is 16.5. The van der Waals surface area contributed by atoms with Crippen molar-refractivity contribution in [3.63, 3.8) is 0 Å². The van der Waals surface area contributed by atoms with E-state index in [1.165, 1.54) is 13.2 Å². The zero-order chi connectivity index (χ0) is 11.4. The maximum atomic E-state index is 11.0. The molecule has 5 nitrogen and oxygen atoms in total. The molecule has 0 saturated carbocycles. The Kier molecular flexibility index (Phi) is 3.26. The summed E-state index contributed by atoms with van der Waals surface area (Å²) >= 11 is 0. The van der Waals surface area contributed by atoms with Gasteiger partial charge < -0.3 is 15.6 Å². The van der Waals surface area contributed by atoms with Crippen LogP contribution < -0.4 is 10.5 Å². The average Bonchev–Trinajstić information content (AvgIpc) is 2.26. The van der Waals surface area contributed by atoms with Crippen molar-refractivity contribution in [2.24, 2.45) is 5.73 Å². The van der Waals surface area contributed by atoms with E-state index in [1.807, 2.05) is 0 Å². The van der Waals surface area contributed by atoms with Gasteiger partial charge in [0.2, 0.25) is 0 Å². The summed E-state index contributed by atoms with van der Waals surface area (Å²) in [4.78, 5) is 11.0. The van der Waals surface area contributed by atoms with E-state index in [9.17, 15) is 4.79 Å². The molecule has 0 saturated heterocycles. The standard InChI is InChI=1S/C10H10N2O3/c1-15-9-7(5-12)3-2-6(4-11)8(9)10(13)14/h2-3H,5,12H2,1H3,(H,13,14). The third kappa shape index (κ3) is 1.90. The topological polar surface area (TPSA) is 96.3 Å². The van der Waals surface area contributed by atoms with Gasteiger partial charge in [0, 0.05) is 12.1 Å². The number of carboxylic acid groups (broad SMARTS) is 1. The van der Waals surface area contributed by atoms with Crippen molar-refractivity contribution < 1.29 is 14.6 Å². The molecule has 1 rings (SSSR count). The molecule has 1 aromatic carbocycles. The quantitative estimate of drug-likeness (QED) is 0.759. The van der Waals surface area contributed by atoms with Gasteiger partial charge >= 0.3 is 5.97 Å². The zero-order valence-corrected chi connectivity index (χ0v) is 8.15. The normalized spacial score (nSPS) is 9.40. The second kappa shape index (κ2) is 4.44. The monoisotopic (exact) mass is 206 g/mol. The van der Waals surface area contributed by atoms with Crippen LogP contribution in [-0.2, 0) is 6.54 Å². The molecule has 0 radical (unpaired) electrons. The molecular weight excluding hydrogens is 196 g/mol. The van der Waals surface area contributed by atoms with E-state index in [2.05, 4.69) is 0 Å². The minimum Gasteiger partial charge on any atom is -0.495 e. The third-order valence-electron chi connectivity index (χ3n) is 2.00. The number of carbonyl (C=O) groups is 1. The molecule has 78 valence electrons. The molecular formula is C10H10N2O3. The van der Waals surface area contributed by atoms with E-state index in [0.29, 0.717) is 5.56 Å². The number of rotatable bonds is 3. The maximum absolute atomic E-state index is 11.0. The first-order valence-electron chi connectivity index (χ1n) is 4.19. The van der Waals surface area contributed by atoms with Crippen LogP contribution in [0.2, 0.25) is 0 Å². The fourth-order valence-corrected chi connectivity index (χ4v) is 1.33. The summed E-state index contributed by atoms with van der Waals surface area (Å²) in [6.07, 6.45) is 0. The predicted molar refractivity (Wildman–Crippen MR) is 52.6 cm³/mol. The van der Waals surface area contributed by atoms with Crippen molar-refractivity contribution >= 4 is 5.97 Å². The summed E-state index contributed by atoms with van der Waals surface area (Å²) in [7, 11) is 1.35. The van der Waals surface area contributed by atoms with E-state index >= 15 is 0 Å². The van der Waals surface area contributed by atoms with Crippen LogP contribution in [0.4, 0.5) is 0 Å².